The minimum atomic E-state index is 0.464. The number of ether oxygens (including phenoxy) is 2. The van der Waals surface area contributed by atoms with E-state index >= 15 is 0 Å². The lowest BCUT2D eigenvalue weighted by atomic mass is 10.0. The van der Waals surface area contributed by atoms with Gasteiger partial charge < -0.3 is 20.1 Å². The molecule has 0 amide bonds. The molecule has 2 N–H and O–H groups in total. The second kappa shape index (κ2) is 11.4. The van der Waals surface area contributed by atoms with E-state index in [9.17, 15) is 0 Å². The lowest BCUT2D eigenvalue weighted by molar-refractivity contribution is 0.289. The first-order valence-corrected chi connectivity index (χ1v) is 10.9. The molecule has 1 saturated heterocycles. The zero-order valence-electron chi connectivity index (χ0n) is 16.3. The van der Waals surface area contributed by atoms with Crippen molar-refractivity contribution in [3.8, 4) is 11.5 Å². The predicted molar refractivity (Wildman–Crippen MR) is 125 cm³/mol. The number of hydrogen-bond acceptors (Lipinski definition) is 4. The molecule has 154 valence electrons. The molecule has 0 saturated carbocycles. The molecular formula is C23H26BrClN2O2. The van der Waals surface area contributed by atoms with Crippen LogP contribution in [0.1, 0.15) is 11.1 Å². The fraction of sp³-hybridized carbons (Fsp3) is 0.304. The molecule has 2 aromatic rings. The van der Waals surface area contributed by atoms with Gasteiger partial charge in [0, 0.05) is 41.2 Å². The van der Waals surface area contributed by atoms with Crippen LogP contribution in [0.25, 0.3) is 12.2 Å². The lowest BCUT2D eigenvalue weighted by Gasteiger charge is -2.27. The summed E-state index contributed by atoms with van der Waals surface area (Å²) >= 11 is 9.59. The Kier molecular flexibility index (Phi) is 8.62. The minimum Gasteiger partial charge on any atom is -0.492 e. The van der Waals surface area contributed by atoms with E-state index < -0.39 is 0 Å². The maximum atomic E-state index is 6.04. The standard InChI is InChI=1S/C23H26BrClN2O2/c1-2-10-28-21-7-8-23(29-11-9-26-14-17-15-27-16-17)19(12-21)4-3-18-5-6-20(25)13-22(18)24/h2-8,12-13,17,26-27H,1,9-11,14-16H2/b4-3+. The van der Waals surface area contributed by atoms with Crippen molar-refractivity contribution in [1.29, 1.82) is 0 Å². The number of nitrogens with one attached hydrogen (secondary N) is 2. The average molecular weight is 478 g/mol. The van der Waals surface area contributed by atoms with Crippen LogP contribution < -0.4 is 20.1 Å². The number of benzene rings is 2. The van der Waals surface area contributed by atoms with Gasteiger partial charge in [-0.05, 0) is 41.8 Å². The zero-order chi connectivity index (χ0) is 20.5. The summed E-state index contributed by atoms with van der Waals surface area (Å²) in [6.45, 7) is 8.83. The SMILES string of the molecule is C=CCOc1ccc(OCCNCC2CNC2)c(/C=C/c2ccc(Cl)cc2Br)c1. The molecule has 0 aromatic heterocycles. The van der Waals surface area contributed by atoms with Crippen LogP contribution in [0.15, 0.2) is 53.5 Å². The van der Waals surface area contributed by atoms with Gasteiger partial charge in [0.1, 0.15) is 24.7 Å². The van der Waals surface area contributed by atoms with E-state index in [1.54, 1.807) is 6.08 Å². The number of halogens is 2. The molecule has 0 aliphatic carbocycles. The van der Waals surface area contributed by atoms with Gasteiger partial charge in [-0.2, -0.15) is 0 Å². The van der Waals surface area contributed by atoms with E-state index in [0.717, 1.165) is 59.2 Å². The number of rotatable bonds is 11. The summed E-state index contributed by atoms with van der Waals surface area (Å²) < 4.78 is 12.7. The van der Waals surface area contributed by atoms with Crippen LogP contribution in [-0.4, -0.2) is 39.4 Å². The van der Waals surface area contributed by atoms with Crippen LogP contribution in [-0.2, 0) is 0 Å². The highest BCUT2D eigenvalue weighted by Crippen LogP contribution is 2.28. The van der Waals surface area contributed by atoms with Gasteiger partial charge in [0.2, 0.25) is 0 Å². The fourth-order valence-electron chi connectivity index (χ4n) is 2.88. The quantitative estimate of drug-likeness (QED) is 0.271. The van der Waals surface area contributed by atoms with E-state index in [1.807, 2.05) is 48.6 Å². The molecule has 0 bridgehead atoms. The smallest absolute Gasteiger partial charge is 0.126 e. The lowest BCUT2D eigenvalue weighted by Crippen LogP contribution is -2.47. The van der Waals surface area contributed by atoms with Crippen LogP contribution in [0.3, 0.4) is 0 Å². The van der Waals surface area contributed by atoms with Gasteiger partial charge >= 0.3 is 0 Å². The van der Waals surface area contributed by atoms with Crippen molar-refractivity contribution in [2.45, 2.75) is 0 Å². The molecule has 6 heteroatoms. The van der Waals surface area contributed by atoms with Crippen LogP contribution in [0, 0.1) is 5.92 Å². The van der Waals surface area contributed by atoms with Gasteiger partial charge in [0.05, 0.1) is 0 Å². The van der Waals surface area contributed by atoms with E-state index in [4.69, 9.17) is 21.1 Å². The van der Waals surface area contributed by atoms with E-state index in [0.29, 0.717) is 18.2 Å². The van der Waals surface area contributed by atoms with Crippen molar-refractivity contribution in [2.24, 2.45) is 5.92 Å². The Hall–Kier alpha value is -1.79. The topological polar surface area (TPSA) is 42.5 Å². The third-order valence-electron chi connectivity index (χ3n) is 4.59. The summed E-state index contributed by atoms with van der Waals surface area (Å²) in [6, 6.07) is 11.6. The van der Waals surface area contributed by atoms with Crippen molar-refractivity contribution in [2.75, 3.05) is 39.4 Å². The second-order valence-corrected chi connectivity index (χ2v) is 8.17. The van der Waals surface area contributed by atoms with Gasteiger partial charge in [-0.25, -0.2) is 0 Å². The Bertz CT molecular complexity index is 853. The van der Waals surface area contributed by atoms with Crippen molar-refractivity contribution >= 4 is 39.7 Å². The first-order chi connectivity index (χ1) is 14.2. The Labute approximate surface area is 186 Å². The molecule has 1 aliphatic heterocycles. The Morgan fingerprint density at radius 1 is 1.14 bits per heavy atom. The molecule has 3 rings (SSSR count). The Balaban J connectivity index is 1.66. The highest BCUT2D eigenvalue weighted by molar-refractivity contribution is 9.10. The molecule has 0 spiro atoms. The van der Waals surface area contributed by atoms with Crippen molar-refractivity contribution < 1.29 is 9.47 Å². The number of hydrogen-bond donors (Lipinski definition) is 2. The Morgan fingerprint density at radius 2 is 1.97 bits per heavy atom. The summed E-state index contributed by atoms with van der Waals surface area (Å²) in [5.74, 6) is 2.35. The van der Waals surface area contributed by atoms with Crippen LogP contribution in [0.2, 0.25) is 5.02 Å². The van der Waals surface area contributed by atoms with Gasteiger partial charge in [-0.1, -0.05) is 58.4 Å². The van der Waals surface area contributed by atoms with E-state index in [2.05, 4.69) is 33.1 Å². The maximum absolute atomic E-state index is 6.04. The van der Waals surface area contributed by atoms with Crippen molar-refractivity contribution in [1.82, 2.24) is 10.6 Å². The molecule has 4 nitrogen and oxygen atoms in total. The zero-order valence-corrected chi connectivity index (χ0v) is 18.6. The largest absolute Gasteiger partial charge is 0.492 e. The molecule has 29 heavy (non-hydrogen) atoms. The monoisotopic (exact) mass is 476 g/mol. The van der Waals surface area contributed by atoms with Gasteiger partial charge in [-0.3, -0.25) is 0 Å². The molecule has 0 radical (unpaired) electrons. The Morgan fingerprint density at radius 3 is 2.69 bits per heavy atom. The van der Waals surface area contributed by atoms with Gasteiger partial charge in [-0.15, -0.1) is 0 Å². The van der Waals surface area contributed by atoms with E-state index in [1.165, 1.54) is 0 Å². The van der Waals surface area contributed by atoms with Crippen molar-refractivity contribution in [3.63, 3.8) is 0 Å². The van der Waals surface area contributed by atoms with Gasteiger partial charge in [0.25, 0.3) is 0 Å². The summed E-state index contributed by atoms with van der Waals surface area (Å²) in [5, 5.41) is 7.43. The fourth-order valence-corrected chi connectivity index (χ4v) is 3.70. The molecule has 1 fully saturated rings. The first kappa shape index (κ1) is 21.9. The summed E-state index contributed by atoms with van der Waals surface area (Å²) in [6.07, 6.45) is 5.79. The summed E-state index contributed by atoms with van der Waals surface area (Å²) in [4.78, 5) is 0. The third-order valence-corrected chi connectivity index (χ3v) is 5.51. The molecule has 0 atom stereocenters. The third kappa shape index (κ3) is 6.89. The summed E-state index contributed by atoms with van der Waals surface area (Å²) in [7, 11) is 0. The summed E-state index contributed by atoms with van der Waals surface area (Å²) in [5.41, 5.74) is 1.99. The van der Waals surface area contributed by atoms with Gasteiger partial charge in [0.15, 0.2) is 0 Å². The average Bonchev–Trinajstić information content (AvgIpc) is 2.68. The predicted octanol–water partition coefficient (Wildman–Crippen LogP) is 5.03. The molecule has 1 aliphatic rings. The molecule has 1 heterocycles. The van der Waals surface area contributed by atoms with Crippen molar-refractivity contribution in [3.05, 3.63) is 69.7 Å². The molecule has 0 unspecified atom stereocenters. The normalized spacial score (nSPS) is 14.0. The molecular weight excluding hydrogens is 452 g/mol. The van der Waals surface area contributed by atoms with Crippen LogP contribution in [0.5, 0.6) is 11.5 Å². The van der Waals surface area contributed by atoms with Crippen LogP contribution in [0.4, 0.5) is 0 Å². The molecule has 2 aromatic carbocycles. The first-order valence-electron chi connectivity index (χ1n) is 9.71. The highest BCUT2D eigenvalue weighted by atomic mass is 79.9. The second-order valence-electron chi connectivity index (χ2n) is 6.88. The maximum Gasteiger partial charge on any atom is 0.126 e. The van der Waals surface area contributed by atoms with Crippen LogP contribution >= 0.6 is 27.5 Å². The minimum absolute atomic E-state index is 0.464. The van der Waals surface area contributed by atoms with E-state index in [-0.39, 0.29) is 0 Å². The highest BCUT2D eigenvalue weighted by Gasteiger charge is 2.15.